The van der Waals surface area contributed by atoms with Crippen molar-refractivity contribution in [1.29, 1.82) is 0 Å². The first-order valence-electron chi connectivity index (χ1n) is 5.02. The van der Waals surface area contributed by atoms with Crippen LogP contribution in [0.4, 0.5) is 0 Å². The van der Waals surface area contributed by atoms with Crippen molar-refractivity contribution in [2.75, 3.05) is 14.2 Å². The van der Waals surface area contributed by atoms with E-state index in [1.54, 1.807) is 20.3 Å². The van der Waals surface area contributed by atoms with E-state index >= 15 is 0 Å². The monoisotopic (exact) mass is 224 g/mol. The van der Waals surface area contributed by atoms with Crippen molar-refractivity contribution in [3.8, 4) is 5.75 Å². The Balaban J connectivity index is 0.000000386. The topological polar surface area (TPSA) is 55.8 Å². The summed E-state index contributed by atoms with van der Waals surface area (Å²) in [5.41, 5.74) is 1.18. The van der Waals surface area contributed by atoms with E-state index in [4.69, 9.17) is 4.74 Å². The molecule has 0 bridgehead atoms. The smallest absolute Gasteiger partial charge is 0.342 e. The van der Waals surface area contributed by atoms with Gasteiger partial charge in [0.05, 0.1) is 0 Å². The second kappa shape index (κ2) is 5.51. The molecule has 0 saturated carbocycles. The zero-order chi connectivity index (χ0) is 12.1. The largest absolute Gasteiger partial charge is 0.507 e. The van der Waals surface area contributed by atoms with Crippen LogP contribution in [-0.4, -0.2) is 31.4 Å². The van der Waals surface area contributed by atoms with Gasteiger partial charge in [0.2, 0.25) is 0 Å². The van der Waals surface area contributed by atoms with Crippen molar-refractivity contribution >= 4 is 5.97 Å². The van der Waals surface area contributed by atoms with E-state index in [1.807, 2.05) is 13.0 Å². The molecule has 1 N–H and O–H groups in total. The Labute approximate surface area is 94.8 Å². The number of hydrogen-bond acceptors (Lipinski definition) is 4. The molecule has 1 heterocycles. The first-order valence-corrected chi connectivity index (χ1v) is 5.02. The van der Waals surface area contributed by atoms with Crippen molar-refractivity contribution < 1.29 is 19.4 Å². The Morgan fingerprint density at radius 1 is 1.44 bits per heavy atom. The van der Waals surface area contributed by atoms with Crippen LogP contribution in [0.5, 0.6) is 5.75 Å². The van der Waals surface area contributed by atoms with E-state index in [0.717, 1.165) is 5.56 Å². The third-order valence-corrected chi connectivity index (χ3v) is 2.15. The quantitative estimate of drug-likeness (QED) is 0.682. The van der Waals surface area contributed by atoms with E-state index in [9.17, 15) is 9.90 Å². The molecule has 1 unspecified atom stereocenters. The molecule has 1 aromatic rings. The van der Waals surface area contributed by atoms with Gasteiger partial charge >= 0.3 is 5.97 Å². The number of benzene rings is 1. The zero-order valence-electron chi connectivity index (χ0n) is 9.69. The van der Waals surface area contributed by atoms with Crippen molar-refractivity contribution in [3.63, 3.8) is 0 Å². The van der Waals surface area contributed by atoms with Gasteiger partial charge in [0.1, 0.15) is 17.4 Å². The molecule has 1 aliphatic rings. The highest BCUT2D eigenvalue weighted by atomic mass is 16.5. The number of phenolic OH excluding ortho intramolecular Hbond substituents is 1. The SMILES string of the molecule is CC1Cc2cccc(O)c2C(=O)O1.COC. The van der Waals surface area contributed by atoms with Crippen LogP contribution < -0.4 is 0 Å². The van der Waals surface area contributed by atoms with Gasteiger partial charge in [0.15, 0.2) is 0 Å². The van der Waals surface area contributed by atoms with Gasteiger partial charge in [-0.3, -0.25) is 0 Å². The summed E-state index contributed by atoms with van der Waals surface area (Å²) in [6, 6.07) is 5.07. The summed E-state index contributed by atoms with van der Waals surface area (Å²) in [5, 5.41) is 9.41. The van der Waals surface area contributed by atoms with Crippen LogP contribution in [0.2, 0.25) is 0 Å². The molecule has 16 heavy (non-hydrogen) atoms. The fourth-order valence-electron chi connectivity index (χ4n) is 1.59. The maximum atomic E-state index is 11.3. The molecule has 1 aromatic carbocycles. The van der Waals surface area contributed by atoms with Crippen molar-refractivity contribution in [3.05, 3.63) is 29.3 Å². The summed E-state index contributed by atoms with van der Waals surface area (Å²) < 4.78 is 9.24. The van der Waals surface area contributed by atoms with Gasteiger partial charge in [0, 0.05) is 20.6 Å². The number of phenols is 1. The normalized spacial score (nSPS) is 17.9. The molecule has 0 aromatic heterocycles. The average Bonchev–Trinajstić information content (AvgIpc) is 2.17. The number of methoxy groups -OCH3 is 1. The van der Waals surface area contributed by atoms with Gasteiger partial charge in [-0.05, 0) is 18.6 Å². The van der Waals surface area contributed by atoms with E-state index in [0.29, 0.717) is 12.0 Å². The summed E-state index contributed by atoms with van der Waals surface area (Å²) >= 11 is 0. The Hall–Kier alpha value is -1.55. The molecule has 0 amide bonds. The number of esters is 1. The summed E-state index contributed by atoms with van der Waals surface area (Å²) in [6.45, 7) is 1.84. The predicted molar refractivity (Wildman–Crippen MR) is 59.6 cm³/mol. The molecular weight excluding hydrogens is 208 g/mol. The van der Waals surface area contributed by atoms with Gasteiger partial charge in [-0.1, -0.05) is 12.1 Å². The molecule has 1 atom stereocenters. The van der Waals surface area contributed by atoms with Gasteiger partial charge < -0.3 is 14.6 Å². The molecule has 4 nitrogen and oxygen atoms in total. The fourth-order valence-corrected chi connectivity index (χ4v) is 1.59. The van der Waals surface area contributed by atoms with Crippen LogP contribution in [0, 0.1) is 0 Å². The lowest BCUT2D eigenvalue weighted by Crippen LogP contribution is -2.24. The van der Waals surface area contributed by atoms with Gasteiger partial charge in [0.25, 0.3) is 0 Å². The standard InChI is InChI=1S/C10H10O3.C2H6O/c1-6-5-7-3-2-4-8(11)9(7)10(12)13-6;1-3-2/h2-4,6,11H,5H2,1H3;1-2H3. The molecule has 0 fully saturated rings. The van der Waals surface area contributed by atoms with E-state index in [-0.39, 0.29) is 11.9 Å². The second-order valence-electron chi connectivity index (χ2n) is 3.64. The summed E-state index contributed by atoms with van der Waals surface area (Å²) in [5.74, 6) is -0.416. The first kappa shape index (κ1) is 12.5. The molecule has 4 heteroatoms. The lowest BCUT2D eigenvalue weighted by Gasteiger charge is -2.21. The van der Waals surface area contributed by atoms with Gasteiger partial charge in [-0.2, -0.15) is 0 Å². The lowest BCUT2D eigenvalue weighted by molar-refractivity contribution is 0.0297. The van der Waals surface area contributed by atoms with Crippen LogP contribution in [0.15, 0.2) is 18.2 Å². The van der Waals surface area contributed by atoms with Crippen LogP contribution >= 0.6 is 0 Å². The highest BCUT2D eigenvalue weighted by Gasteiger charge is 2.25. The number of fused-ring (bicyclic) bond motifs is 1. The number of hydrogen-bond donors (Lipinski definition) is 1. The third kappa shape index (κ3) is 2.73. The third-order valence-electron chi connectivity index (χ3n) is 2.15. The summed E-state index contributed by atoms with van der Waals surface area (Å²) in [7, 11) is 3.25. The predicted octanol–water partition coefficient (Wildman–Crippen LogP) is 1.76. The van der Waals surface area contributed by atoms with Crippen LogP contribution in [-0.2, 0) is 15.9 Å². The minimum Gasteiger partial charge on any atom is -0.507 e. The molecular formula is C12H16O4. The Morgan fingerprint density at radius 2 is 2.06 bits per heavy atom. The first-order chi connectivity index (χ1) is 7.60. The number of aromatic hydroxyl groups is 1. The Morgan fingerprint density at radius 3 is 2.69 bits per heavy atom. The van der Waals surface area contributed by atoms with Crippen molar-refractivity contribution in [2.45, 2.75) is 19.4 Å². The summed E-state index contributed by atoms with van der Waals surface area (Å²) in [4.78, 5) is 11.3. The number of carbonyl (C=O) groups excluding carboxylic acids is 1. The maximum Gasteiger partial charge on any atom is 0.342 e. The average molecular weight is 224 g/mol. The zero-order valence-corrected chi connectivity index (χ0v) is 9.69. The molecule has 0 saturated heterocycles. The van der Waals surface area contributed by atoms with Crippen molar-refractivity contribution in [2.24, 2.45) is 0 Å². The molecule has 2 rings (SSSR count). The maximum absolute atomic E-state index is 11.3. The minimum absolute atomic E-state index is 0.00870. The summed E-state index contributed by atoms with van der Waals surface area (Å²) in [6.07, 6.45) is 0.581. The number of ether oxygens (including phenoxy) is 2. The number of cyclic esters (lactones) is 1. The minimum atomic E-state index is -0.424. The highest BCUT2D eigenvalue weighted by Crippen LogP contribution is 2.27. The molecule has 88 valence electrons. The Bertz CT molecular complexity index is 373. The molecule has 0 radical (unpaired) electrons. The van der Waals surface area contributed by atoms with Crippen LogP contribution in [0.3, 0.4) is 0 Å². The molecule has 0 spiro atoms. The van der Waals surface area contributed by atoms with Gasteiger partial charge in [-0.15, -0.1) is 0 Å². The van der Waals surface area contributed by atoms with Crippen molar-refractivity contribution in [1.82, 2.24) is 0 Å². The van der Waals surface area contributed by atoms with E-state index in [2.05, 4.69) is 4.74 Å². The number of rotatable bonds is 0. The number of carbonyl (C=O) groups is 1. The van der Waals surface area contributed by atoms with E-state index in [1.165, 1.54) is 6.07 Å². The molecule has 0 aliphatic carbocycles. The second-order valence-corrected chi connectivity index (χ2v) is 3.64. The molecule has 1 aliphatic heterocycles. The van der Waals surface area contributed by atoms with E-state index < -0.39 is 5.97 Å². The highest BCUT2D eigenvalue weighted by molar-refractivity contribution is 5.95. The Kier molecular flexibility index (Phi) is 4.31. The fraction of sp³-hybridized carbons (Fsp3) is 0.417. The van der Waals surface area contributed by atoms with Crippen LogP contribution in [0.25, 0.3) is 0 Å². The van der Waals surface area contributed by atoms with Gasteiger partial charge in [-0.25, -0.2) is 4.79 Å². The van der Waals surface area contributed by atoms with Crippen LogP contribution in [0.1, 0.15) is 22.8 Å². The lowest BCUT2D eigenvalue weighted by atomic mass is 9.98.